The molecule has 0 heterocycles. The van der Waals surface area contributed by atoms with Gasteiger partial charge in [0.25, 0.3) is 0 Å². The summed E-state index contributed by atoms with van der Waals surface area (Å²) in [5, 5.41) is 9.20. The average Bonchev–Trinajstić information content (AvgIpc) is 3.32. The number of carbonyl (C=O) groups is 2. The molecule has 0 atom stereocenters. The Hall–Kier alpha value is -2.78. The number of carbonyl (C=O) groups excluding carboxylic acids is 2. The third kappa shape index (κ3) is 12.2. The van der Waals surface area contributed by atoms with Crippen molar-refractivity contribution < 1.29 is 56.5 Å². The zero-order chi connectivity index (χ0) is 32.0. The average molecular weight is 691 g/mol. The van der Waals surface area contributed by atoms with E-state index in [1.54, 1.807) is 14.1 Å². The molecule has 241 valence electrons. The van der Waals surface area contributed by atoms with Gasteiger partial charge in [0.05, 0.1) is 17.9 Å². The zero-order valence-electron chi connectivity index (χ0n) is 27.4. The molecule has 1 radical (unpaired) electrons. The Morgan fingerprint density at radius 1 is 0.800 bits per heavy atom. The second kappa shape index (κ2) is 19.7. The number of nitrogens with zero attached hydrogens (tertiary/aromatic N) is 1. The van der Waals surface area contributed by atoms with Gasteiger partial charge >= 0.3 is 12.2 Å². The van der Waals surface area contributed by atoms with E-state index in [1.807, 2.05) is 63.2 Å². The molecule has 0 unspecified atom stereocenters. The quantitative estimate of drug-likeness (QED) is 0.147. The van der Waals surface area contributed by atoms with Gasteiger partial charge in [0, 0.05) is 56.3 Å². The molecule has 9 heteroatoms. The number of benzene rings is 3. The third-order valence-corrected chi connectivity index (χ3v) is 7.02. The number of rotatable bonds is 12. The van der Waals surface area contributed by atoms with E-state index >= 15 is 0 Å². The Bertz CT molecular complexity index is 1310. The Balaban J connectivity index is 0.00000169. The van der Waals surface area contributed by atoms with Crippen molar-refractivity contribution in [1.82, 2.24) is 5.32 Å². The number of unbranched alkanes of at least 4 members (excludes halogenated alkanes) is 3. The topological polar surface area (TPSA) is 100.0 Å². The van der Waals surface area contributed by atoms with Crippen molar-refractivity contribution in [2.75, 3.05) is 32.6 Å². The van der Waals surface area contributed by atoms with Gasteiger partial charge in [0.2, 0.25) is 0 Å². The molecular formula is C36H47N3O5Y-2. The van der Waals surface area contributed by atoms with Crippen LogP contribution in [0.15, 0.2) is 66.7 Å². The van der Waals surface area contributed by atoms with Crippen molar-refractivity contribution in [3.63, 3.8) is 0 Å². The smallest absolute Gasteiger partial charge is 0.411 e. The van der Waals surface area contributed by atoms with Crippen LogP contribution in [0.1, 0.15) is 74.6 Å². The Labute approximate surface area is 294 Å². The Morgan fingerprint density at radius 2 is 1.38 bits per heavy atom. The summed E-state index contributed by atoms with van der Waals surface area (Å²) in [6, 6.07) is 22.0. The molecule has 1 aliphatic rings. The largest absolute Gasteiger partial charge is 0.668 e. The minimum atomic E-state index is -0.578. The number of ether oxygens (including phenoxy) is 3. The third-order valence-electron chi connectivity index (χ3n) is 7.02. The van der Waals surface area contributed by atoms with Crippen molar-refractivity contribution in [2.24, 2.45) is 0 Å². The maximum Gasteiger partial charge on any atom is 0.411 e. The predicted molar refractivity (Wildman–Crippen MR) is 177 cm³/mol. The molecule has 0 aromatic heterocycles. The number of hydrogen-bond donors (Lipinski definition) is 2. The second-order valence-corrected chi connectivity index (χ2v) is 11.7. The van der Waals surface area contributed by atoms with Crippen molar-refractivity contribution in [2.45, 2.75) is 71.2 Å². The van der Waals surface area contributed by atoms with Gasteiger partial charge in [-0.15, -0.1) is 0 Å². The normalized spacial score (nSPS) is 11.7. The van der Waals surface area contributed by atoms with Crippen molar-refractivity contribution in [3.8, 4) is 11.1 Å². The van der Waals surface area contributed by atoms with Gasteiger partial charge in [-0.2, -0.15) is 20.5 Å². The molecule has 2 N–H and O–H groups in total. The van der Waals surface area contributed by atoms with Crippen molar-refractivity contribution in [3.05, 3.63) is 101 Å². The predicted octanol–water partition coefficient (Wildman–Crippen LogP) is 8.60. The minimum absolute atomic E-state index is 0. The summed E-state index contributed by atoms with van der Waals surface area (Å²) in [6.07, 6.45) is 2.73. The Kier molecular flexibility index (Phi) is 16.8. The molecule has 1 aliphatic carbocycles. The van der Waals surface area contributed by atoms with Gasteiger partial charge in [-0.05, 0) is 49.4 Å². The van der Waals surface area contributed by atoms with Crippen LogP contribution in [0, 0.1) is 6.92 Å². The summed E-state index contributed by atoms with van der Waals surface area (Å²) in [4.78, 5) is 25.5. The molecule has 0 bridgehead atoms. The van der Waals surface area contributed by atoms with E-state index in [1.165, 1.54) is 11.1 Å². The molecule has 0 fully saturated rings. The van der Waals surface area contributed by atoms with Crippen molar-refractivity contribution in [1.29, 1.82) is 0 Å². The number of nitrogens with one attached hydrogen (secondary N) is 2. The molecule has 0 saturated heterocycles. The van der Waals surface area contributed by atoms with Gasteiger partial charge in [0.15, 0.2) is 0 Å². The van der Waals surface area contributed by atoms with Gasteiger partial charge in [0.1, 0.15) is 13.2 Å². The van der Waals surface area contributed by atoms with Crippen LogP contribution >= 0.6 is 0 Å². The molecule has 0 aliphatic heterocycles. The fraction of sp³-hybridized carbons (Fsp3) is 0.417. The van der Waals surface area contributed by atoms with Gasteiger partial charge in [-0.25, -0.2) is 9.59 Å². The number of fused-ring (bicyclic) bond motifs is 3. The van der Waals surface area contributed by atoms with Crippen LogP contribution in [-0.2, 0) is 60.1 Å². The summed E-state index contributed by atoms with van der Waals surface area (Å²) in [5.74, 6) is -0.0484. The summed E-state index contributed by atoms with van der Waals surface area (Å²) in [6.45, 7) is 10.8. The van der Waals surface area contributed by atoms with E-state index in [-0.39, 0.29) is 64.0 Å². The molecule has 4 rings (SSSR count). The summed E-state index contributed by atoms with van der Waals surface area (Å²) in [5.41, 5.74) is 6.20. The first-order valence-corrected chi connectivity index (χ1v) is 15.2. The molecule has 2 amide bonds. The fourth-order valence-corrected chi connectivity index (χ4v) is 4.95. The standard InChI is InChI=1S/C34H41N2O5.C2H6N.Y/c1-5-6-7-12-20-35-32(37)39-21-24-14-13-15-25(22-41-34(2,3)4)31(24)36-33(38)40-23-30-28-18-10-8-16-26(28)27-17-9-11-19-29(27)30;1-3-2;/h8-11,13-19,30H,1,5-7,12,20-23H2,2-4H3,(H,35,37)(H,36,38);1-2H3;/q2*-1;. The molecule has 0 spiro atoms. The van der Waals surface area contributed by atoms with Crippen LogP contribution in [0.25, 0.3) is 16.4 Å². The van der Waals surface area contributed by atoms with E-state index in [0.717, 1.165) is 42.4 Å². The van der Waals surface area contributed by atoms with Gasteiger partial charge < -0.3 is 31.8 Å². The summed E-state index contributed by atoms with van der Waals surface area (Å²) >= 11 is 0. The molecule has 45 heavy (non-hydrogen) atoms. The van der Waals surface area contributed by atoms with Crippen LogP contribution in [-0.4, -0.2) is 45.0 Å². The molecular weight excluding hydrogens is 643 g/mol. The first kappa shape index (κ1) is 38.4. The number of anilines is 1. The molecule has 0 saturated carbocycles. The zero-order valence-corrected chi connectivity index (χ0v) is 30.2. The van der Waals surface area contributed by atoms with Crippen LogP contribution in [0.3, 0.4) is 0 Å². The number of amides is 2. The van der Waals surface area contributed by atoms with E-state index in [4.69, 9.17) is 14.2 Å². The minimum Gasteiger partial charge on any atom is -0.668 e. The number of para-hydroxylation sites is 1. The molecule has 8 nitrogen and oxygen atoms in total. The number of alkyl carbamates (subject to hydrolysis) is 1. The SMILES string of the molecule is C[N-]C.[CH2-]CCCCCNC(=O)OCc1cccc(COC(C)(C)C)c1NC(=O)OCC1c2ccccc2-c2ccccc21.[Y]. The monoisotopic (exact) mass is 690 g/mol. The van der Waals surface area contributed by atoms with E-state index in [9.17, 15) is 9.59 Å². The maximum atomic E-state index is 13.2. The molecule has 3 aromatic carbocycles. The van der Waals surface area contributed by atoms with E-state index in [0.29, 0.717) is 17.8 Å². The fourth-order valence-electron chi connectivity index (χ4n) is 4.95. The first-order valence-electron chi connectivity index (χ1n) is 15.2. The van der Waals surface area contributed by atoms with Crippen LogP contribution in [0.4, 0.5) is 15.3 Å². The van der Waals surface area contributed by atoms with Gasteiger partial charge in [-0.1, -0.05) is 79.6 Å². The first-order chi connectivity index (χ1) is 21.2. The summed E-state index contributed by atoms with van der Waals surface area (Å²) < 4.78 is 17.3. The van der Waals surface area contributed by atoms with Crippen LogP contribution in [0.5, 0.6) is 0 Å². The van der Waals surface area contributed by atoms with Gasteiger partial charge in [-0.3, -0.25) is 5.32 Å². The second-order valence-electron chi connectivity index (χ2n) is 11.7. The maximum absolute atomic E-state index is 13.2. The van der Waals surface area contributed by atoms with Crippen LogP contribution < -0.4 is 10.6 Å². The number of hydrogen-bond acceptors (Lipinski definition) is 5. The van der Waals surface area contributed by atoms with Crippen LogP contribution in [0.2, 0.25) is 0 Å². The van der Waals surface area contributed by atoms with Crippen molar-refractivity contribution >= 4 is 17.9 Å². The Morgan fingerprint density at radius 3 is 1.96 bits per heavy atom. The summed E-state index contributed by atoms with van der Waals surface area (Å²) in [7, 11) is 3.50. The molecule has 3 aromatic rings. The van der Waals surface area contributed by atoms with E-state index < -0.39 is 12.2 Å². The van der Waals surface area contributed by atoms with E-state index in [2.05, 4.69) is 47.1 Å².